The minimum atomic E-state index is 0.0124. The summed E-state index contributed by atoms with van der Waals surface area (Å²) in [6, 6.07) is 3.58. The van der Waals surface area contributed by atoms with Gasteiger partial charge in [0.25, 0.3) is 0 Å². The molecule has 0 spiro atoms. The van der Waals surface area contributed by atoms with Crippen molar-refractivity contribution in [3.05, 3.63) is 0 Å². The molecule has 2 aliphatic rings. The van der Waals surface area contributed by atoms with Crippen LogP contribution in [-0.2, 0) is 0 Å². The molecule has 2 atom stereocenters. The molecule has 4 nitrogen and oxygen atoms in total. The molecular formula is C12H22N4. The average Bonchev–Trinajstić information content (AvgIpc) is 3.04. The first-order valence-electron chi connectivity index (χ1n) is 6.27. The third-order valence-electron chi connectivity index (χ3n) is 3.56. The van der Waals surface area contributed by atoms with Crippen molar-refractivity contribution in [2.75, 3.05) is 33.2 Å². The van der Waals surface area contributed by atoms with Gasteiger partial charge in [-0.25, -0.2) is 0 Å². The molecule has 0 aromatic heterocycles. The first-order valence-corrected chi connectivity index (χ1v) is 6.27. The van der Waals surface area contributed by atoms with Crippen LogP contribution in [0.15, 0.2) is 0 Å². The summed E-state index contributed by atoms with van der Waals surface area (Å²) in [7, 11) is 2.16. The largest absolute Gasteiger partial charge is 0.304 e. The lowest BCUT2D eigenvalue weighted by atomic mass is 10.1. The van der Waals surface area contributed by atoms with Crippen molar-refractivity contribution in [3.63, 3.8) is 0 Å². The molecule has 1 saturated heterocycles. The molecule has 0 radical (unpaired) electrons. The first kappa shape index (κ1) is 11.8. The van der Waals surface area contributed by atoms with E-state index in [1.54, 1.807) is 0 Å². The van der Waals surface area contributed by atoms with Gasteiger partial charge in [0.05, 0.1) is 6.07 Å². The van der Waals surface area contributed by atoms with Gasteiger partial charge in [-0.1, -0.05) is 0 Å². The number of hydrogen-bond acceptors (Lipinski definition) is 4. The second-order valence-electron chi connectivity index (χ2n) is 5.23. The standard InChI is InChI=1S/C12H22N4/c1-10-8-15(2)5-6-16(10)9-12(7-13)14-11-3-4-11/h10-12,14H,3-6,8-9H2,1-2H3. The van der Waals surface area contributed by atoms with Crippen molar-refractivity contribution in [3.8, 4) is 6.07 Å². The highest BCUT2D eigenvalue weighted by Gasteiger charge is 2.28. The number of likely N-dealkylation sites (N-methyl/N-ethyl adjacent to an activating group) is 1. The van der Waals surface area contributed by atoms with E-state index in [-0.39, 0.29) is 6.04 Å². The molecule has 1 aliphatic heterocycles. The van der Waals surface area contributed by atoms with Crippen LogP contribution in [0.1, 0.15) is 19.8 Å². The smallest absolute Gasteiger partial charge is 0.108 e. The summed E-state index contributed by atoms with van der Waals surface area (Å²) in [6.07, 6.45) is 2.49. The lowest BCUT2D eigenvalue weighted by Gasteiger charge is -2.39. The number of nitrogens with zero attached hydrogens (tertiary/aromatic N) is 3. The maximum absolute atomic E-state index is 9.12. The molecule has 0 bridgehead atoms. The van der Waals surface area contributed by atoms with Gasteiger partial charge < -0.3 is 4.90 Å². The summed E-state index contributed by atoms with van der Waals surface area (Å²) < 4.78 is 0. The third-order valence-corrected chi connectivity index (χ3v) is 3.56. The van der Waals surface area contributed by atoms with Gasteiger partial charge in [-0.2, -0.15) is 5.26 Å². The fourth-order valence-corrected chi connectivity index (χ4v) is 2.35. The van der Waals surface area contributed by atoms with Gasteiger partial charge in [-0.3, -0.25) is 10.2 Å². The quantitative estimate of drug-likeness (QED) is 0.741. The van der Waals surface area contributed by atoms with Crippen LogP contribution in [0.5, 0.6) is 0 Å². The predicted molar refractivity (Wildman–Crippen MR) is 64.1 cm³/mol. The van der Waals surface area contributed by atoms with Crippen molar-refractivity contribution in [1.29, 1.82) is 5.26 Å². The van der Waals surface area contributed by atoms with Gasteiger partial charge in [0.15, 0.2) is 0 Å². The van der Waals surface area contributed by atoms with E-state index in [4.69, 9.17) is 5.26 Å². The van der Waals surface area contributed by atoms with Crippen LogP contribution >= 0.6 is 0 Å². The Morgan fingerprint density at radius 3 is 2.75 bits per heavy atom. The molecule has 1 aliphatic carbocycles. The Hall–Kier alpha value is -0.630. The Balaban J connectivity index is 1.80. The van der Waals surface area contributed by atoms with Crippen LogP contribution in [0.3, 0.4) is 0 Å². The van der Waals surface area contributed by atoms with Gasteiger partial charge in [0.2, 0.25) is 0 Å². The van der Waals surface area contributed by atoms with Gasteiger partial charge in [0.1, 0.15) is 6.04 Å². The van der Waals surface area contributed by atoms with Crippen molar-refractivity contribution in [2.24, 2.45) is 0 Å². The Bertz CT molecular complexity index is 269. The van der Waals surface area contributed by atoms with E-state index in [9.17, 15) is 0 Å². The van der Waals surface area contributed by atoms with E-state index in [1.807, 2.05) is 0 Å². The van der Waals surface area contributed by atoms with E-state index in [2.05, 4.69) is 35.2 Å². The molecule has 1 saturated carbocycles. The van der Waals surface area contributed by atoms with Crippen molar-refractivity contribution in [2.45, 2.75) is 37.9 Å². The van der Waals surface area contributed by atoms with E-state index in [1.165, 1.54) is 12.8 Å². The maximum atomic E-state index is 9.12. The lowest BCUT2D eigenvalue weighted by Crippen LogP contribution is -2.54. The molecule has 0 aromatic rings. The molecule has 2 fully saturated rings. The number of nitrogens with one attached hydrogen (secondary N) is 1. The Morgan fingerprint density at radius 1 is 1.44 bits per heavy atom. The van der Waals surface area contributed by atoms with Crippen molar-refractivity contribution >= 4 is 0 Å². The maximum Gasteiger partial charge on any atom is 0.108 e. The summed E-state index contributed by atoms with van der Waals surface area (Å²) in [5.41, 5.74) is 0. The first-order chi connectivity index (χ1) is 7.69. The molecule has 0 aromatic carbocycles. The minimum absolute atomic E-state index is 0.0124. The Kier molecular flexibility index (Phi) is 3.80. The highest BCUT2D eigenvalue weighted by atomic mass is 15.3. The number of rotatable bonds is 4. The number of nitriles is 1. The molecule has 1 heterocycles. The van der Waals surface area contributed by atoms with Crippen LogP contribution < -0.4 is 5.32 Å². The molecule has 2 rings (SSSR count). The monoisotopic (exact) mass is 222 g/mol. The Labute approximate surface area is 98.2 Å². The fraction of sp³-hybridized carbons (Fsp3) is 0.917. The average molecular weight is 222 g/mol. The summed E-state index contributed by atoms with van der Waals surface area (Å²) in [5, 5.41) is 12.5. The normalized spacial score (nSPS) is 29.9. The van der Waals surface area contributed by atoms with Crippen LogP contribution in [-0.4, -0.2) is 61.2 Å². The van der Waals surface area contributed by atoms with Crippen molar-refractivity contribution < 1.29 is 0 Å². The van der Waals surface area contributed by atoms with Crippen LogP contribution in [0.2, 0.25) is 0 Å². The van der Waals surface area contributed by atoms with E-state index in [0.717, 1.165) is 26.2 Å². The fourth-order valence-electron chi connectivity index (χ4n) is 2.35. The molecule has 4 heteroatoms. The SMILES string of the molecule is CC1CN(C)CCN1CC(C#N)NC1CC1. The van der Waals surface area contributed by atoms with Crippen LogP contribution in [0.25, 0.3) is 0 Å². The molecule has 16 heavy (non-hydrogen) atoms. The summed E-state index contributed by atoms with van der Waals surface area (Å²) in [5.74, 6) is 0. The summed E-state index contributed by atoms with van der Waals surface area (Å²) in [6.45, 7) is 6.44. The van der Waals surface area contributed by atoms with Gasteiger partial charge >= 0.3 is 0 Å². The van der Waals surface area contributed by atoms with Crippen LogP contribution in [0.4, 0.5) is 0 Å². The summed E-state index contributed by atoms with van der Waals surface area (Å²) in [4.78, 5) is 4.79. The van der Waals surface area contributed by atoms with E-state index in [0.29, 0.717) is 12.1 Å². The molecule has 2 unspecified atom stereocenters. The second-order valence-corrected chi connectivity index (χ2v) is 5.23. The molecule has 1 N–H and O–H groups in total. The highest BCUT2D eigenvalue weighted by Crippen LogP contribution is 2.19. The van der Waals surface area contributed by atoms with Gasteiger partial charge in [0, 0.05) is 38.3 Å². The van der Waals surface area contributed by atoms with Gasteiger partial charge in [-0.05, 0) is 26.8 Å². The second kappa shape index (κ2) is 5.13. The summed E-state index contributed by atoms with van der Waals surface area (Å²) >= 11 is 0. The Morgan fingerprint density at radius 2 is 2.19 bits per heavy atom. The van der Waals surface area contributed by atoms with E-state index < -0.39 is 0 Å². The number of hydrogen-bond donors (Lipinski definition) is 1. The molecule has 0 amide bonds. The lowest BCUT2D eigenvalue weighted by molar-refractivity contribution is 0.0954. The molecule has 90 valence electrons. The predicted octanol–water partition coefficient (Wildman–Crippen LogP) is 0.266. The molecular weight excluding hydrogens is 200 g/mol. The van der Waals surface area contributed by atoms with Crippen LogP contribution in [0, 0.1) is 11.3 Å². The van der Waals surface area contributed by atoms with Gasteiger partial charge in [-0.15, -0.1) is 0 Å². The zero-order valence-electron chi connectivity index (χ0n) is 10.3. The van der Waals surface area contributed by atoms with Crippen molar-refractivity contribution in [1.82, 2.24) is 15.1 Å². The zero-order valence-corrected chi connectivity index (χ0v) is 10.3. The topological polar surface area (TPSA) is 42.3 Å². The van der Waals surface area contributed by atoms with E-state index >= 15 is 0 Å². The minimum Gasteiger partial charge on any atom is -0.304 e. The third kappa shape index (κ3) is 3.18. The number of piperazine rings is 1. The highest BCUT2D eigenvalue weighted by molar-refractivity contribution is 4.98. The zero-order chi connectivity index (χ0) is 11.5.